The van der Waals surface area contributed by atoms with Crippen LogP contribution in [0.5, 0.6) is 0 Å². The molecule has 0 bridgehead atoms. The minimum atomic E-state index is -0.224. The standard InChI is InChI=1S/C21H37NO2/c1-14-5-6-18-17(12-22-4)19(8-10-20(14,18)2)21(3)9-7-16(24)11-15(21)13-23/h15-19,22-24H,1,5-13H2,2-4H3/t15-,16+,17-,18?,19?,20-,21+/m1/s1. The second-order valence-electron chi connectivity index (χ2n) is 9.35. The van der Waals surface area contributed by atoms with Gasteiger partial charge in [0.25, 0.3) is 0 Å². The molecule has 0 aromatic rings. The second-order valence-corrected chi connectivity index (χ2v) is 9.35. The summed E-state index contributed by atoms with van der Waals surface area (Å²) in [5.41, 5.74) is 1.94. The van der Waals surface area contributed by atoms with Crippen molar-refractivity contribution in [2.24, 2.45) is 34.5 Å². The minimum absolute atomic E-state index is 0.154. The van der Waals surface area contributed by atoms with Crippen molar-refractivity contribution >= 4 is 0 Å². The van der Waals surface area contributed by atoms with Gasteiger partial charge in [-0.15, -0.1) is 0 Å². The van der Waals surface area contributed by atoms with Gasteiger partial charge in [-0.1, -0.05) is 26.0 Å². The average molecular weight is 336 g/mol. The van der Waals surface area contributed by atoms with Crippen LogP contribution in [0.15, 0.2) is 12.2 Å². The van der Waals surface area contributed by atoms with Crippen LogP contribution < -0.4 is 5.32 Å². The zero-order chi connectivity index (χ0) is 17.5. The molecule has 3 saturated carbocycles. The Hall–Kier alpha value is -0.380. The van der Waals surface area contributed by atoms with Crippen LogP contribution in [0.1, 0.15) is 58.8 Å². The maximum Gasteiger partial charge on any atom is 0.0544 e. The molecule has 138 valence electrons. The number of nitrogens with one attached hydrogen (secondary N) is 1. The number of fused-ring (bicyclic) bond motifs is 1. The average Bonchev–Trinajstić information content (AvgIpc) is 2.86. The van der Waals surface area contributed by atoms with Crippen molar-refractivity contribution in [1.29, 1.82) is 0 Å². The minimum Gasteiger partial charge on any atom is -0.396 e. The zero-order valence-electron chi connectivity index (χ0n) is 15.9. The van der Waals surface area contributed by atoms with E-state index in [2.05, 4.69) is 32.8 Å². The quantitative estimate of drug-likeness (QED) is 0.691. The van der Waals surface area contributed by atoms with Crippen molar-refractivity contribution in [3.8, 4) is 0 Å². The Bertz CT molecular complexity index is 478. The normalized spacial score (nSPS) is 49.2. The van der Waals surface area contributed by atoms with E-state index < -0.39 is 0 Å². The molecular formula is C21H37NO2. The monoisotopic (exact) mass is 335 g/mol. The Morgan fingerprint density at radius 2 is 1.92 bits per heavy atom. The SMILES string of the molecule is C=C1CCC2[C@@H](CNC)C([C@@]3(C)CC[C@H](O)C[C@@H]3CO)CC[C@]12C. The summed E-state index contributed by atoms with van der Waals surface area (Å²) in [6.45, 7) is 10.5. The van der Waals surface area contributed by atoms with Gasteiger partial charge in [0.15, 0.2) is 0 Å². The first-order valence-electron chi connectivity index (χ1n) is 9.98. The van der Waals surface area contributed by atoms with Gasteiger partial charge in [0.1, 0.15) is 0 Å². The first-order chi connectivity index (χ1) is 11.4. The highest BCUT2D eigenvalue weighted by Crippen LogP contribution is 2.63. The van der Waals surface area contributed by atoms with Crippen LogP contribution in [0.4, 0.5) is 0 Å². The summed E-state index contributed by atoms with van der Waals surface area (Å²) < 4.78 is 0. The lowest BCUT2D eigenvalue weighted by Crippen LogP contribution is -2.53. The van der Waals surface area contributed by atoms with Crippen LogP contribution >= 0.6 is 0 Å². The van der Waals surface area contributed by atoms with Gasteiger partial charge in [-0.05, 0) is 93.0 Å². The van der Waals surface area contributed by atoms with Gasteiger partial charge in [0, 0.05) is 6.61 Å². The van der Waals surface area contributed by atoms with Crippen LogP contribution in [0.2, 0.25) is 0 Å². The van der Waals surface area contributed by atoms with E-state index in [1.54, 1.807) is 0 Å². The molecule has 3 aliphatic carbocycles. The highest BCUT2D eigenvalue weighted by Gasteiger charge is 2.56. The topological polar surface area (TPSA) is 52.5 Å². The smallest absolute Gasteiger partial charge is 0.0544 e. The molecule has 24 heavy (non-hydrogen) atoms. The molecule has 0 spiro atoms. The molecule has 2 unspecified atom stereocenters. The molecule has 0 heterocycles. The van der Waals surface area contributed by atoms with Crippen LogP contribution in [0.25, 0.3) is 0 Å². The molecule has 0 saturated heterocycles. The highest BCUT2D eigenvalue weighted by molar-refractivity contribution is 5.21. The number of aliphatic hydroxyl groups is 2. The van der Waals surface area contributed by atoms with Crippen molar-refractivity contribution < 1.29 is 10.2 Å². The number of aliphatic hydroxyl groups excluding tert-OH is 2. The van der Waals surface area contributed by atoms with E-state index in [1.807, 2.05) is 0 Å². The fourth-order valence-electron chi connectivity index (χ4n) is 6.70. The number of hydrogen-bond donors (Lipinski definition) is 3. The molecule has 3 aliphatic rings. The fourth-order valence-corrected chi connectivity index (χ4v) is 6.70. The molecule has 7 atom stereocenters. The summed E-state index contributed by atoms with van der Waals surface area (Å²) in [7, 11) is 2.07. The van der Waals surface area contributed by atoms with Gasteiger partial charge in [0.2, 0.25) is 0 Å². The fraction of sp³-hybridized carbons (Fsp3) is 0.905. The van der Waals surface area contributed by atoms with E-state index in [9.17, 15) is 10.2 Å². The van der Waals surface area contributed by atoms with Crippen LogP contribution in [-0.2, 0) is 0 Å². The van der Waals surface area contributed by atoms with Gasteiger partial charge in [-0.25, -0.2) is 0 Å². The molecule has 3 N–H and O–H groups in total. The summed E-state index contributed by atoms with van der Waals surface area (Å²) in [6, 6.07) is 0. The second kappa shape index (κ2) is 6.74. The molecule has 0 aromatic carbocycles. The Kier molecular flexibility index (Phi) is 5.17. The van der Waals surface area contributed by atoms with E-state index in [-0.39, 0.29) is 24.0 Å². The number of allylic oxidation sites excluding steroid dienone is 1. The zero-order valence-corrected chi connectivity index (χ0v) is 15.9. The lowest BCUT2D eigenvalue weighted by molar-refractivity contribution is -0.0929. The third-order valence-electron chi connectivity index (χ3n) is 8.40. The van der Waals surface area contributed by atoms with Gasteiger partial charge in [-0.2, -0.15) is 0 Å². The summed E-state index contributed by atoms with van der Waals surface area (Å²) in [5.74, 6) is 2.25. The Morgan fingerprint density at radius 3 is 2.58 bits per heavy atom. The summed E-state index contributed by atoms with van der Waals surface area (Å²) >= 11 is 0. The van der Waals surface area contributed by atoms with Crippen LogP contribution in [0, 0.1) is 34.5 Å². The van der Waals surface area contributed by atoms with E-state index in [4.69, 9.17) is 0 Å². The summed E-state index contributed by atoms with van der Waals surface area (Å²) in [5, 5.41) is 23.6. The molecule has 0 aliphatic heterocycles. The molecular weight excluding hydrogens is 298 g/mol. The maximum atomic E-state index is 10.1. The van der Waals surface area contributed by atoms with Crippen molar-refractivity contribution in [3.63, 3.8) is 0 Å². The van der Waals surface area contributed by atoms with Gasteiger partial charge in [-0.3, -0.25) is 0 Å². The molecule has 3 nitrogen and oxygen atoms in total. The van der Waals surface area contributed by atoms with Crippen molar-refractivity contribution in [2.45, 2.75) is 64.9 Å². The number of rotatable bonds is 4. The molecule has 3 rings (SSSR count). The molecule has 3 heteroatoms. The van der Waals surface area contributed by atoms with E-state index in [0.717, 1.165) is 31.7 Å². The third kappa shape index (κ3) is 2.77. The van der Waals surface area contributed by atoms with E-state index >= 15 is 0 Å². The first-order valence-corrected chi connectivity index (χ1v) is 9.98. The largest absolute Gasteiger partial charge is 0.396 e. The number of hydrogen-bond acceptors (Lipinski definition) is 3. The van der Waals surface area contributed by atoms with Crippen molar-refractivity contribution in [3.05, 3.63) is 12.2 Å². The highest BCUT2D eigenvalue weighted by atomic mass is 16.3. The lowest BCUT2D eigenvalue weighted by atomic mass is 9.49. The first kappa shape index (κ1) is 18.4. The van der Waals surface area contributed by atoms with Crippen LogP contribution in [-0.4, -0.2) is 36.5 Å². The Morgan fingerprint density at radius 1 is 1.17 bits per heavy atom. The summed E-state index contributed by atoms with van der Waals surface area (Å²) in [6.07, 6.45) is 7.44. The van der Waals surface area contributed by atoms with Gasteiger partial charge in [0.05, 0.1) is 6.10 Å². The van der Waals surface area contributed by atoms with Gasteiger partial charge >= 0.3 is 0 Å². The third-order valence-corrected chi connectivity index (χ3v) is 8.40. The summed E-state index contributed by atoms with van der Waals surface area (Å²) in [4.78, 5) is 0. The predicted octanol–water partition coefficient (Wildman–Crippen LogP) is 3.36. The van der Waals surface area contributed by atoms with E-state index in [1.165, 1.54) is 31.3 Å². The van der Waals surface area contributed by atoms with Crippen LogP contribution in [0.3, 0.4) is 0 Å². The Labute approximate surface area is 147 Å². The molecule has 0 amide bonds. The maximum absolute atomic E-state index is 10.1. The lowest BCUT2D eigenvalue weighted by Gasteiger charge is -2.56. The molecule has 0 aromatic heterocycles. The van der Waals surface area contributed by atoms with E-state index in [0.29, 0.717) is 17.3 Å². The van der Waals surface area contributed by atoms with Crippen molar-refractivity contribution in [2.75, 3.05) is 20.2 Å². The van der Waals surface area contributed by atoms with Crippen molar-refractivity contribution in [1.82, 2.24) is 5.32 Å². The van der Waals surface area contributed by atoms with Gasteiger partial charge < -0.3 is 15.5 Å². The predicted molar refractivity (Wildman–Crippen MR) is 98.7 cm³/mol. The molecule has 3 fully saturated rings. The molecule has 0 radical (unpaired) electrons. The Balaban J connectivity index is 1.90.